The van der Waals surface area contributed by atoms with Crippen molar-refractivity contribution in [1.82, 2.24) is 4.90 Å². The van der Waals surface area contributed by atoms with Gasteiger partial charge in [0.25, 0.3) is 0 Å². The summed E-state index contributed by atoms with van der Waals surface area (Å²) in [4.78, 5) is 15.9. The zero-order chi connectivity index (χ0) is 20.3. The van der Waals surface area contributed by atoms with Crippen molar-refractivity contribution in [1.29, 1.82) is 0 Å². The maximum absolute atomic E-state index is 13.6. The van der Waals surface area contributed by atoms with E-state index in [0.29, 0.717) is 31.9 Å². The summed E-state index contributed by atoms with van der Waals surface area (Å²) in [5, 5.41) is 5.09. The number of hydrogen-bond acceptors (Lipinski definition) is 3. The van der Waals surface area contributed by atoms with Gasteiger partial charge in [0.1, 0.15) is 0 Å². The number of urea groups is 1. The fraction of sp³-hybridized carbons (Fsp3) is 0.350. The van der Waals surface area contributed by atoms with Crippen molar-refractivity contribution in [3.05, 3.63) is 53.6 Å². The van der Waals surface area contributed by atoms with Crippen molar-refractivity contribution in [3.8, 4) is 0 Å². The minimum Gasteiger partial charge on any atom is -0.368 e. The molecule has 0 aliphatic carbocycles. The van der Waals surface area contributed by atoms with Crippen molar-refractivity contribution in [2.75, 3.05) is 48.8 Å². The summed E-state index contributed by atoms with van der Waals surface area (Å²) in [5.41, 5.74) is 1.10. The molecule has 0 aromatic heterocycles. The average molecular weight is 392 g/mol. The molecule has 28 heavy (non-hydrogen) atoms. The van der Waals surface area contributed by atoms with Crippen molar-refractivity contribution in [2.45, 2.75) is 13.1 Å². The van der Waals surface area contributed by atoms with E-state index < -0.39 is 17.8 Å². The van der Waals surface area contributed by atoms with Crippen molar-refractivity contribution in [2.24, 2.45) is 0 Å². The van der Waals surface area contributed by atoms with E-state index in [1.54, 1.807) is 17.0 Å². The molecule has 1 heterocycles. The number of piperazine rings is 1. The lowest BCUT2D eigenvalue weighted by Gasteiger charge is -2.35. The van der Waals surface area contributed by atoms with Crippen LogP contribution >= 0.6 is 0 Å². The first-order chi connectivity index (χ1) is 13.2. The van der Waals surface area contributed by atoms with Gasteiger partial charge >= 0.3 is 12.2 Å². The smallest absolute Gasteiger partial charge is 0.368 e. The van der Waals surface area contributed by atoms with Gasteiger partial charge in [-0.2, -0.15) is 13.2 Å². The summed E-state index contributed by atoms with van der Waals surface area (Å²) < 4.78 is 40.9. The molecule has 1 fully saturated rings. The number of likely N-dealkylation sites (N-methyl/N-ethyl adjacent to an activating group) is 1. The highest BCUT2D eigenvalue weighted by Gasteiger charge is 2.35. The second-order valence-corrected chi connectivity index (χ2v) is 6.97. The van der Waals surface area contributed by atoms with E-state index in [-0.39, 0.29) is 11.4 Å². The van der Waals surface area contributed by atoms with Gasteiger partial charge in [0.05, 0.1) is 5.56 Å². The van der Waals surface area contributed by atoms with Gasteiger partial charge in [0.2, 0.25) is 0 Å². The third-order valence-corrected chi connectivity index (χ3v) is 4.71. The number of nitrogens with one attached hydrogen (secondary N) is 2. The molecule has 2 aromatic rings. The van der Waals surface area contributed by atoms with Gasteiger partial charge in [-0.25, -0.2) is 4.79 Å². The summed E-state index contributed by atoms with van der Waals surface area (Å²) in [6.45, 7) is 4.39. The Bertz CT molecular complexity index is 828. The zero-order valence-electron chi connectivity index (χ0n) is 15.8. The molecule has 1 aliphatic heterocycles. The molecule has 2 N–H and O–H groups in total. The lowest BCUT2D eigenvalue weighted by Crippen LogP contribution is -2.45. The van der Waals surface area contributed by atoms with Gasteiger partial charge in [-0.1, -0.05) is 17.7 Å². The zero-order valence-corrected chi connectivity index (χ0v) is 15.8. The molecule has 8 heteroatoms. The highest BCUT2D eigenvalue weighted by molar-refractivity contribution is 6.00. The first kappa shape index (κ1) is 20.0. The minimum atomic E-state index is -4.51. The average Bonchev–Trinajstić information content (AvgIpc) is 2.64. The number of hydrogen-bond donors (Lipinski definition) is 2. The summed E-state index contributed by atoms with van der Waals surface area (Å²) >= 11 is 0. The molecule has 150 valence electrons. The highest BCUT2D eigenvalue weighted by atomic mass is 19.4. The third-order valence-electron chi connectivity index (χ3n) is 4.71. The van der Waals surface area contributed by atoms with Crippen LogP contribution in [0.4, 0.5) is 35.0 Å². The molecule has 0 unspecified atom stereocenters. The Balaban J connectivity index is 1.76. The predicted octanol–water partition coefficient (Wildman–Crippen LogP) is 4.41. The Hall–Kier alpha value is -2.74. The van der Waals surface area contributed by atoms with E-state index in [1.165, 1.54) is 12.1 Å². The number of aryl methyl sites for hydroxylation is 1. The number of carbonyl (C=O) groups excluding carboxylic acids is 1. The molecule has 0 saturated carbocycles. The molecule has 0 spiro atoms. The van der Waals surface area contributed by atoms with E-state index in [2.05, 4.69) is 15.5 Å². The van der Waals surface area contributed by atoms with Crippen LogP contribution in [0.15, 0.2) is 42.5 Å². The molecule has 0 radical (unpaired) electrons. The standard InChI is InChI=1S/C20H23F3N4O/c1-14-3-5-15(6-4-14)24-19(28)25-16-7-8-18(17(13-16)20(21,22)23)27-11-9-26(2)10-12-27/h3-8,13H,9-12H2,1-2H3,(H2,24,25,28). The fourth-order valence-electron chi connectivity index (χ4n) is 3.09. The second kappa shape index (κ2) is 8.10. The summed E-state index contributed by atoms with van der Waals surface area (Å²) in [7, 11) is 1.95. The number of rotatable bonds is 3. The van der Waals surface area contributed by atoms with Crippen LogP contribution in [0, 0.1) is 6.92 Å². The maximum Gasteiger partial charge on any atom is 0.418 e. The molecule has 1 saturated heterocycles. The van der Waals surface area contributed by atoms with Crippen LogP contribution in [-0.4, -0.2) is 44.2 Å². The number of alkyl halides is 3. The predicted molar refractivity (Wildman–Crippen MR) is 105 cm³/mol. The second-order valence-electron chi connectivity index (χ2n) is 6.97. The largest absolute Gasteiger partial charge is 0.418 e. The number of amides is 2. The van der Waals surface area contributed by atoms with Crippen LogP contribution in [0.2, 0.25) is 0 Å². The Morgan fingerprint density at radius 1 is 0.929 bits per heavy atom. The molecule has 2 amide bonds. The Morgan fingerprint density at radius 2 is 1.50 bits per heavy atom. The van der Waals surface area contributed by atoms with E-state index in [0.717, 1.165) is 11.6 Å². The molecule has 2 aromatic carbocycles. The van der Waals surface area contributed by atoms with Gasteiger partial charge in [0.15, 0.2) is 0 Å². The summed E-state index contributed by atoms with van der Waals surface area (Å²) in [5.74, 6) is 0. The van der Waals surface area contributed by atoms with Crippen LogP contribution in [0.1, 0.15) is 11.1 Å². The molecule has 0 atom stereocenters. The summed E-state index contributed by atoms with van der Waals surface area (Å²) in [6, 6.07) is 10.4. The van der Waals surface area contributed by atoms with Crippen molar-refractivity contribution >= 4 is 23.1 Å². The van der Waals surface area contributed by atoms with Crippen molar-refractivity contribution in [3.63, 3.8) is 0 Å². The molecule has 5 nitrogen and oxygen atoms in total. The molecular weight excluding hydrogens is 369 g/mol. The summed E-state index contributed by atoms with van der Waals surface area (Å²) in [6.07, 6.45) is -4.51. The number of halogens is 3. The molecule has 0 bridgehead atoms. The minimum absolute atomic E-state index is 0.0924. The van der Waals surface area contributed by atoms with E-state index in [1.807, 2.05) is 26.1 Å². The van der Waals surface area contributed by atoms with Crippen LogP contribution in [0.25, 0.3) is 0 Å². The van der Waals surface area contributed by atoms with Crippen molar-refractivity contribution < 1.29 is 18.0 Å². The molecule has 3 rings (SSSR count). The molecule has 1 aliphatic rings. The van der Waals surface area contributed by atoms with Gasteiger partial charge < -0.3 is 20.4 Å². The lowest BCUT2D eigenvalue weighted by molar-refractivity contribution is -0.137. The van der Waals surface area contributed by atoms with Gasteiger partial charge in [-0.3, -0.25) is 0 Å². The number of anilines is 3. The monoisotopic (exact) mass is 392 g/mol. The Kier molecular flexibility index (Phi) is 5.79. The third kappa shape index (κ3) is 4.95. The van der Waals surface area contributed by atoms with Crippen LogP contribution < -0.4 is 15.5 Å². The highest BCUT2D eigenvalue weighted by Crippen LogP contribution is 2.38. The Labute approximate surface area is 162 Å². The van der Waals surface area contributed by atoms with Crippen LogP contribution in [0.3, 0.4) is 0 Å². The topological polar surface area (TPSA) is 47.6 Å². The van der Waals surface area contributed by atoms with Gasteiger partial charge in [0, 0.05) is 43.2 Å². The molecular formula is C20H23F3N4O. The number of nitrogens with zero attached hydrogens (tertiary/aromatic N) is 2. The van der Waals surface area contributed by atoms with Crippen LogP contribution in [0.5, 0.6) is 0 Å². The maximum atomic E-state index is 13.6. The fourth-order valence-corrected chi connectivity index (χ4v) is 3.09. The van der Waals surface area contributed by atoms with E-state index in [9.17, 15) is 18.0 Å². The van der Waals surface area contributed by atoms with E-state index in [4.69, 9.17) is 0 Å². The SMILES string of the molecule is Cc1ccc(NC(=O)Nc2ccc(N3CCN(C)CC3)c(C(F)(F)F)c2)cc1. The first-order valence-electron chi connectivity index (χ1n) is 9.02. The number of benzene rings is 2. The number of carbonyl (C=O) groups is 1. The normalized spacial score (nSPS) is 15.4. The lowest BCUT2D eigenvalue weighted by atomic mass is 10.1. The van der Waals surface area contributed by atoms with E-state index >= 15 is 0 Å². The van der Waals surface area contributed by atoms with Gasteiger partial charge in [-0.05, 0) is 44.3 Å². The first-order valence-corrected chi connectivity index (χ1v) is 9.02. The van der Waals surface area contributed by atoms with Gasteiger partial charge in [-0.15, -0.1) is 0 Å². The quantitative estimate of drug-likeness (QED) is 0.814. The van der Waals surface area contributed by atoms with Crippen LogP contribution in [-0.2, 0) is 6.18 Å². The Morgan fingerprint density at radius 3 is 2.11 bits per heavy atom.